The predicted molar refractivity (Wildman–Crippen MR) is 70.5 cm³/mol. The van der Waals surface area contributed by atoms with Gasteiger partial charge >= 0.3 is 0 Å². The molecule has 2 aliphatic rings. The SMILES string of the molecule is CNC(CCCC(C)C)C1CC2CCC1C2. The molecule has 0 aromatic heterocycles. The van der Waals surface area contributed by atoms with Crippen LogP contribution < -0.4 is 5.32 Å². The fourth-order valence-electron chi connectivity index (χ4n) is 4.11. The van der Waals surface area contributed by atoms with Crippen LogP contribution in [0.4, 0.5) is 0 Å². The highest BCUT2D eigenvalue weighted by Gasteiger charge is 2.42. The lowest BCUT2D eigenvalue weighted by Crippen LogP contribution is -2.36. The van der Waals surface area contributed by atoms with Crippen LogP contribution in [-0.2, 0) is 0 Å². The maximum Gasteiger partial charge on any atom is 0.00950 e. The van der Waals surface area contributed by atoms with Gasteiger partial charge in [0.25, 0.3) is 0 Å². The van der Waals surface area contributed by atoms with E-state index in [2.05, 4.69) is 26.2 Å². The largest absolute Gasteiger partial charge is 0.317 e. The second kappa shape index (κ2) is 5.53. The van der Waals surface area contributed by atoms with E-state index in [1.807, 2.05) is 0 Å². The van der Waals surface area contributed by atoms with Crippen LogP contribution in [0.15, 0.2) is 0 Å². The molecule has 2 bridgehead atoms. The molecule has 2 rings (SSSR count). The molecule has 16 heavy (non-hydrogen) atoms. The molecular weight excluding hydrogens is 194 g/mol. The van der Waals surface area contributed by atoms with Gasteiger partial charge in [0.1, 0.15) is 0 Å². The monoisotopic (exact) mass is 223 g/mol. The number of nitrogens with one attached hydrogen (secondary N) is 1. The Labute approximate surface area is 101 Å². The third-order valence-corrected chi connectivity index (χ3v) is 4.98. The molecule has 1 heteroatoms. The number of rotatable bonds is 6. The van der Waals surface area contributed by atoms with Gasteiger partial charge < -0.3 is 5.32 Å². The smallest absolute Gasteiger partial charge is 0.00950 e. The summed E-state index contributed by atoms with van der Waals surface area (Å²) in [6.45, 7) is 4.68. The fraction of sp³-hybridized carbons (Fsp3) is 1.00. The van der Waals surface area contributed by atoms with E-state index in [9.17, 15) is 0 Å². The summed E-state index contributed by atoms with van der Waals surface area (Å²) in [5.41, 5.74) is 0. The summed E-state index contributed by atoms with van der Waals surface area (Å²) in [6, 6.07) is 0.814. The van der Waals surface area contributed by atoms with Crippen LogP contribution in [0.1, 0.15) is 58.8 Å². The normalized spacial score (nSPS) is 34.9. The Balaban J connectivity index is 1.76. The molecule has 0 saturated heterocycles. The van der Waals surface area contributed by atoms with Gasteiger partial charge in [-0.15, -0.1) is 0 Å². The minimum absolute atomic E-state index is 0.814. The zero-order valence-corrected chi connectivity index (χ0v) is 11.3. The maximum atomic E-state index is 3.60. The highest BCUT2D eigenvalue weighted by molar-refractivity contribution is 4.94. The summed E-state index contributed by atoms with van der Waals surface area (Å²) < 4.78 is 0. The summed E-state index contributed by atoms with van der Waals surface area (Å²) >= 11 is 0. The van der Waals surface area contributed by atoms with Crippen LogP contribution in [0.5, 0.6) is 0 Å². The van der Waals surface area contributed by atoms with Crippen molar-refractivity contribution in [1.29, 1.82) is 0 Å². The lowest BCUT2D eigenvalue weighted by molar-refractivity contribution is 0.241. The Morgan fingerprint density at radius 1 is 1.12 bits per heavy atom. The Bertz CT molecular complexity index is 211. The van der Waals surface area contributed by atoms with Gasteiger partial charge in [0.05, 0.1) is 0 Å². The van der Waals surface area contributed by atoms with Gasteiger partial charge in [-0.05, 0) is 56.4 Å². The second-order valence-electron chi connectivity index (χ2n) is 6.56. The molecule has 4 atom stereocenters. The first-order valence-electron chi connectivity index (χ1n) is 7.38. The third kappa shape index (κ3) is 2.80. The van der Waals surface area contributed by atoms with Gasteiger partial charge in [0.15, 0.2) is 0 Å². The van der Waals surface area contributed by atoms with Crippen LogP contribution in [0.2, 0.25) is 0 Å². The van der Waals surface area contributed by atoms with Gasteiger partial charge in [-0.3, -0.25) is 0 Å². The van der Waals surface area contributed by atoms with E-state index in [-0.39, 0.29) is 0 Å². The van der Waals surface area contributed by atoms with E-state index in [4.69, 9.17) is 0 Å². The predicted octanol–water partition coefficient (Wildman–Crippen LogP) is 3.84. The molecule has 0 radical (unpaired) electrons. The molecule has 0 spiro atoms. The maximum absolute atomic E-state index is 3.60. The van der Waals surface area contributed by atoms with E-state index in [0.717, 1.165) is 29.7 Å². The van der Waals surface area contributed by atoms with Crippen LogP contribution in [-0.4, -0.2) is 13.1 Å². The summed E-state index contributed by atoms with van der Waals surface area (Å²) in [4.78, 5) is 0. The summed E-state index contributed by atoms with van der Waals surface area (Å²) in [5, 5.41) is 3.60. The number of hydrogen-bond acceptors (Lipinski definition) is 1. The summed E-state index contributed by atoms with van der Waals surface area (Å²) in [7, 11) is 2.17. The van der Waals surface area contributed by atoms with Crippen LogP contribution in [0.25, 0.3) is 0 Å². The van der Waals surface area contributed by atoms with Crippen molar-refractivity contribution >= 4 is 0 Å². The van der Waals surface area contributed by atoms with Crippen LogP contribution in [0, 0.1) is 23.7 Å². The Morgan fingerprint density at radius 2 is 1.94 bits per heavy atom. The first-order chi connectivity index (χ1) is 7.70. The van der Waals surface area contributed by atoms with Gasteiger partial charge in [-0.1, -0.05) is 33.1 Å². The lowest BCUT2D eigenvalue weighted by Gasteiger charge is -2.30. The quantitative estimate of drug-likeness (QED) is 0.721. The fourth-order valence-corrected chi connectivity index (χ4v) is 4.11. The minimum atomic E-state index is 0.814. The molecule has 0 aliphatic heterocycles. The Morgan fingerprint density at radius 3 is 2.44 bits per heavy atom. The molecule has 0 aromatic carbocycles. The van der Waals surface area contributed by atoms with Crippen molar-refractivity contribution in [2.24, 2.45) is 23.7 Å². The highest BCUT2D eigenvalue weighted by Crippen LogP contribution is 2.50. The summed E-state index contributed by atoms with van der Waals surface area (Å²) in [6.07, 6.45) is 10.4. The van der Waals surface area contributed by atoms with Crippen molar-refractivity contribution in [1.82, 2.24) is 5.32 Å². The minimum Gasteiger partial charge on any atom is -0.317 e. The van der Waals surface area contributed by atoms with Gasteiger partial charge in [0.2, 0.25) is 0 Å². The second-order valence-corrected chi connectivity index (χ2v) is 6.56. The average Bonchev–Trinajstić information content (AvgIpc) is 2.85. The number of fused-ring (bicyclic) bond motifs is 2. The van der Waals surface area contributed by atoms with E-state index < -0.39 is 0 Å². The molecule has 94 valence electrons. The molecule has 4 unspecified atom stereocenters. The third-order valence-electron chi connectivity index (χ3n) is 4.98. The number of hydrogen-bond donors (Lipinski definition) is 1. The zero-order valence-electron chi connectivity index (χ0n) is 11.3. The van der Waals surface area contributed by atoms with E-state index >= 15 is 0 Å². The Kier molecular flexibility index (Phi) is 4.29. The molecule has 2 saturated carbocycles. The van der Waals surface area contributed by atoms with Crippen LogP contribution in [0.3, 0.4) is 0 Å². The standard InChI is InChI=1S/C15H29N/c1-11(2)5-4-6-15(16-3)14-10-12-7-8-13(14)9-12/h11-16H,4-10H2,1-3H3. The van der Waals surface area contributed by atoms with Crippen molar-refractivity contribution in [3.8, 4) is 0 Å². The Hall–Kier alpha value is -0.0400. The lowest BCUT2D eigenvalue weighted by atomic mass is 9.81. The van der Waals surface area contributed by atoms with Crippen molar-refractivity contribution in [3.05, 3.63) is 0 Å². The molecule has 2 fully saturated rings. The summed E-state index contributed by atoms with van der Waals surface area (Å²) in [5.74, 6) is 4.05. The first-order valence-corrected chi connectivity index (χ1v) is 7.38. The van der Waals surface area contributed by atoms with Gasteiger partial charge in [-0.25, -0.2) is 0 Å². The van der Waals surface area contributed by atoms with Gasteiger partial charge in [-0.2, -0.15) is 0 Å². The van der Waals surface area contributed by atoms with E-state index in [0.29, 0.717) is 0 Å². The molecule has 0 amide bonds. The first kappa shape index (κ1) is 12.4. The molecule has 1 N–H and O–H groups in total. The molecule has 1 nitrogen and oxygen atoms in total. The van der Waals surface area contributed by atoms with E-state index in [1.165, 1.54) is 38.5 Å². The van der Waals surface area contributed by atoms with Gasteiger partial charge in [0, 0.05) is 6.04 Å². The van der Waals surface area contributed by atoms with Crippen LogP contribution >= 0.6 is 0 Å². The molecule has 2 aliphatic carbocycles. The van der Waals surface area contributed by atoms with Crippen molar-refractivity contribution in [3.63, 3.8) is 0 Å². The van der Waals surface area contributed by atoms with Crippen molar-refractivity contribution < 1.29 is 0 Å². The molecule has 0 aromatic rings. The highest BCUT2D eigenvalue weighted by atomic mass is 14.9. The van der Waals surface area contributed by atoms with Crippen molar-refractivity contribution in [2.45, 2.75) is 64.8 Å². The molecule has 0 heterocycles. The molecular formula is C15H29N. The van der Waals surface area contributed by atoms with Crippen molar-refractivity contribution in [2.75, 3.05) is 7.05 Å². The zero-order chi connectivity index (χ0) is 11.5. The topological polar surface area (TPSA) is 12.0 Å². The van der Waals surface area contributed by atoms with E-state index in [1.54, 1.807) is 6.42 Å². The average molecular weight is 223 g/mol.